The molecule has 0 bridgehead atoms. The average molecular weight is 389 g/mol. The molecule has 2 N–H and O–H groups in total. The summed E-state index contributed by atoms with van der Waals surface area (Å²) in [5.41, 5.74) is 6.64. The van der Waals surface area contributed by atoms with Crippen molar-refractivity contribution in [1.82, 2.24) is 0 Å². The zero-order valence-electron chi connectivity index (χ0n) is 13.7. The molecule has 3 rings (SSSR count). The first-order valence-electron chi connectivity index (χ1n) is 7.58. The van der Waals surface area contributed by atoms with Gasteiger partial charge in [0.1, 0.15) is 5.56 Å². The summed E-state index contributed by atoms with van der Waals surface area (Å²) in [6.45, 7) is 0. The smallest absolute Gasteiger partial charge is 0.371 e. The van der Waals surface area contributed by atoms with E-state index < -0.39 is 5.97 Å². The van der Waals surface area contributed by atoms with Gasteiger partial charge in [0.2, 0.25) is 0 Å². The molecule has 7 heteroatoms. The first kappa shape index (κ1) is 18.0. The van der Waals surface area contributed by atoms with Gasteiger partial charge in [0.05, 0.1) is 17.2 Å². The molecule has 0 spiro atoms. The number of fused-ring (bicyclic) bond motifs is 1. The summed E-state index contributed by atoms with van der Waals surface area (Å²) >= 11 is 12.1. The minimum absolute atomic E-state index is 0.0175. The van der Waals surface area contributed by atoms with Crippen molar-refractivity contribution in [1.29, 1.82) is 0 Å². The summed E-state index contributed by atoms with van der Waals surface area (Å²) in [5, 5.41) is 6.01. The molecule has 0 unspecified atom stereocenters. The molecule has 0 aliphatic heterocycles. The molecule has 0 fully saturated rings. The van der Waals surface area contributed by atoms with E-state index in [9.17, 15) is 4.79 Å². The van der Waals surface area contributed by atoms with Gasteiger partial charge in [-0.05, 0) is 22.9 Å². The molecule has 0 atom stereocenters. The van der Waals surface area contributed by atoms with Crippen LogP contribution < -0.4 is 10.5 Å². The van der Waals surface area contributed by atoms with Crippen molar-refractivity contribution in [3.8, 4) is 5.75 Å². The van der Waals surface area contributed by atoms with E-state index >= 15 is 0 Å². The second-order valence-electron chi connectivity index (χ2n) is 5.32. The number of halogens is 2. The Hall–Kier alpha value is -2.76. The molecule has 0 aromatic heterocycles. The second kappa shape index (κ2) is 7.64. The van der Waals surface area contributed by atoms with Crippen LogP contribution in [-0.2, 0) is 4.84 Å². The topological polar surface area (TPSA) is 73.9 Å². The van der Waals surface area contributed by atoms with E-state index in [1.807, 2.05) is 36.4 Å². The molecule has 3 aromatic rings. The molecule has 0 radical (unpaired) electrons. The normalized spacial score (nSPS) is 11.4. The van der Waals surface area contributed by atoms with Crippen molar-refractivity contribution >= 4 is 45.8 Å². The number of carbonyl (C=O) groups is 1. The van der Waals surface area contributed by atoms with Crippen molar-refractivity contribution in [2.75, 3.05) is 7.11 Å². The van der Waals surface area contributed by atoms with Gasteiger partial charge in [-0.2, -0.15) is 0 Å². The summed E-state index contributed by atoms with van der Waals surface area (Å²) in [4.78, 5) is 17.4. The van der Waals surface area contributed by atoms with Gasteiger partial charge in [-0.1, -0.05) is 70.8 Å². The summed E-state index contributed by atoms with van der Waals surface area (Å²) in [5.74, 6) is -0.645. The van der Waals surface area contributed by atoms with Crippen molar-refractivity contribution in [3.05, 3.63) is 75.8 Å². The fraction of sp³-hybridized carbons (Fsp3) is 0.0526. The van der Waals surface area contributed by atoms with Crippen LogP contribution in [0.25, 0.3) is 10.8 Å². The van der Waals surface area contributed by atoms with E-state index in [0.29, 0.717) is 5.56 Å². The van der Waals surface area contributed by atoms with Crippen LogP contribution in [0.2, 0.25) is 10.0 Å². The number of hydrogen-bond acceptors (Lipinski definition) is 4. The molecule has 0 aliphatic rings. The number of methoxy groups -OCH3 is 1. The van der Waals surface area contributed by atoms with Crippen molar-refractivity contribution in [2.24, 2.45) is 10.9 Å². The van der Waals surface area contributed by atoms with Gasteiger partial charge in [0, 0.05) is 5.56 Å². The number of nitrogens with zero attached hydrogens (tertiary/aromatic N) is 1. The van der Waals surface area contributed by atoms with E-state index in [1.54, 1.807) is 6.07 Å². The van der Waals surface area contributed by atoms with Crippen molar-refractivity contribution in [2.45, 2.75) is 0 Å². The van der Waals surface area contributed by atoms with E-state index in [0.717, 1.165) is 10.8 Å². The third kappa shape index (κ3) is 3.45. The number of ether oxygens (including phenoxy) is 1. The number of rotatable bonds is 4. The van der Waals surface area contributed by atoms with Gasteiger partial charge < -0.3 is 15.3 Å². The summed E-state index contributed by atoms with van der Waals surface area (Å²) in [6.07, 6.45) is 0. The van der Waals surface area contributed by atoms with Crippen molar-refractivity contribution in [3.63, 3.8) is 0 Å². The predicted octanol–water partition coefficient (Wildman–Crippen LogP) is 4.63. The van der Waals surface area contributed by atoms with E-state index in [1.165, 1.54) is 19.2 Å². The summed E-state index contributed by atoms with van der Waals surface area (Å²) < 4.78 is 5.13. The Morgan fingerprint density at radius 2 is 1.69 bits per heavy atom. The predicted molar refractivity (Wildman–Crippen MR) is 103 cm³/mol. The minimum atomic E-state index is -0.822. The molecule has 0 saturated carbocycles. The van der Waals surface area contributed by atoms with Gasteiger partial charge in [0.25, 0.3) is 0 Å². The Morgan fingerprint density at radius 3 is 2.46 bits per heavy atom. The number of amidine groups is 1. The van der Waals surface area contributed by atoms with Crippen LogP contribution in [0.5, 0.6) is 5.75 Å². The summed E-state index contributed by atoms with van der Waals surface area (Å²) in [6, 6.07) is 16.3. The highest BCUT2D eigenvalue weighted by Crippen LogP contribution is 2.34. The molecule has 0 heterocycles. The molecular weight excluding hydrogens is 375 g/mol. The minimum Gasteiger partial charge on any atom is -0.494 e. The van der Waals surface area contributed by atoms with E-state index in [-0.39, 0.29) is 27.2 Å². The Bertz CT molecular complexity index is 1010. The average Bonchev–Trinajstić information content (AvgIpc) is 2.66. The highest BCUT2D eigenvalue weighted by molar-refractivity contribution is 6.37. The Labute approximate surface area is 159 Å². The molecule has 26 heavy (non-hydrogen) atoms. The monoisotopic (exact) mass is 388 g/mol. The molecule has 0 saturated heterocycles. The van der Waals surface area contributed by atoms with E-state index in [4.69, 9.17) is 38.5 Å². The van der Waals surface area contributed by atoms with Gasteiger partial charge in [-0.3, -0.25) is 0 Å². The number of hydrogen-bond donors (Lipinski definition) is 1. The number of nitrogens with two attached hydrogens (primary N) is 1. The van der Waals surface area contributed by atoms with Gasteiger partial charge in [0.15, 0.2) is 11.6 Å². The maximum Gasteiger partial charge on any atom is 0.371 e. The van der Waals surface area contributed by atoms with Gasteiger partial charge in [-0.15, -0.1) is 0 Å². The van der Waals surface area contributed by atoms with Crippen LogP contribution in [0.1, 0.15) is 15.9 Å². The Kier molecular flexibility index (Phi) is 5.30. The zero-order chi connectivity index (χ0) is 18.7. The SMILES string of the molecule is COc1c(Cl)ccc(Cl)c1C(=O)O/N=C(\N)c1cccc2ccccc12. The Balaban J connectivity index is 1.93. The molecule has 0 amide bonds. The van der Waals surface area contributed by atoms with Crippen molar-refractivity contribution < 1.29 is 14.4 Å². The molecule has 5 nitrogen and oxygen atoms in total. The number of benzene rings is 3. The lowest BCUT2D eigenvalue weighted by Crippen LogP contribution is -2.16. The second-order valence-corrected chi connectivity index (χ2v) is 6.13. The highest BCUT2D eigenvalue weighted by atomic mass is 35.5. The molecule has 132 valence electrons. The maximum absolute atomic E-state index is 12.4. The van der Waals surface area contributed by atoms with Crippen LogP contribution in [0, 0.1) is 0 Å². The number of carbonyl (C=O) groups excluding carboxylic acids is 1. The third-order valence-corrected chi connectivity index (χ3v) is 4.37. The fourth-order valence-electron chi connectivity index (χ4n) is 2.56. The van der Waals surface area contributed by atoms with Crippen LogP contribution in [0.3, 0.4) is 0 Å². The van der Waals surface area contributed by atoms with Crippen LogP contribution in [-0.4, -0.2) is 18.9 Å². The lowest BCUT2D eigenvalue weighted by molar-refractivity contribution is 0.0512. The largest absolute Gasteiger partial charge is 0.494 e. The van der Waals surface area contributed by atoms with Gasteiger partial charge in [-0.25, -0.2) is 4.79 Å². The van der Waals surface area contributed by atoms with Gasteiger partial charge >= 0.3 is 5.97 Å². The summed E-state index contributed by atoms with van der Waals surface area (Å²) in [7, 11) is 1.38. The van der Waals surface area contributed by atoms with Crippen LogP contribution in [0.15, 0.2) is 59.8 Å². The van der Waals surface area contributed by atoms with Crippen LogP contribution in [0.4, 0.5) is 0 Å². The van der Waals surface area contributed by atoms with E-state index in [2.05, 4.69) is 5.16 Å². The number of oxime groups is 1. The maximum atomic E-state index is 12.4. The quantitative estimate of drug-likeness (QED) is 0.306. The zero-order valence-corrected chi connectivity index (χ0v) is 15.2. The lowest BCUT2D eigenvalue weighted by Gasteiger charge is -2.10. The first-order chi connectivity index (χ1) is 12.5. The molecule has 0 aliphatic carbocycles. The highest BCUT2D eigenvalue weighted by Gasteiger charge is 2.21. The Morgan fingerprint density at radius 1 is 1.00 bits per heavy atom. The fourth-order valence-corrected chi connectivity index (χ4v) is 3.02. The van der Waals surface area contributed by atoms with Crippen LogP contribution >= 0.6 is 23.2 Å². The third-order valence-electron chi connectivity index (χ3n) is 3.76. The molecule has 3 aromatic carbocycles. The standard InChI is InChI=1S/C19H14Cl2N2O3/c1-25-17-15(21)10-9-14(20)16(17)19(24)26-23-18(22)13-8-4-6-11-5-2-3-7-12(11)13/h2-10H,1H3,(H2,22,23). The molecular formula is C19H14Cl2N2O3. The lowest BCUT2D eigenvalue weighted by atomic mass is 10.0. The first-order valence-corrected chi connectivity index (χ1v) is 8.33.